The second-order valence-corrected chi connectivity index (χ2v) is 4.08. The van der Waals surface area contributed by atoms with Gasteiger partial charge in [-0.2, -0.15) is 0 Å². The standard InChI is InChI=1S/C9H9FIN/c10-8-1-2-9(11)7-5-12-4-3-6(7)8/h1-2,12H,3-5H2. The molecule has 0 unspecified atom stereocenters. The minimum atomic E-state index is -0.0492. The fourth-order valence-electron chi connectivity index (χ4n) is 1.52. The Kier molecular flexibility index (Phi) is 2.32. The molecule has 0 atom stereocenters. The fraction of sp³-hybridized carbons (Fsp3) is 0.333. The van der Waals surface area contributed by atoms with E-state index in [1.165, 1.54) is 0 Å². The first-order valence-electron chi connectivity index (χ1n) is 3.95. The summed E-state index contributed by atoms with van der Waals surface area (Å²) in [7, 11) is 0. The van der Waals surface area contributed by atoms with Crippen LogP contribution in [0.3, 0.4) is 0 Å². The Balaban J connectivity index is 2.57. The van der Waals surface area contributed by atoms with Crippen LogP contribution in [0.4, 0.5) is 4.39 Å². The van der Waals surface area contributed by atoms with Crippen LogP contribution >= 0.6 is 22.6 Å². The molecular weight excluding hydrogens is 268 g/mol. The number of halogens is 2. The van der Waals surface area contributed by atoms with Gasteiger partial charge < -0.3 is 5.32 Å². The molecule has 1 heterocycles. The first-order valence-corrected chi connectivity index (χ1v) is 5.03. The number of hydrogen-bond donors (Lipinski definition) is 1. The maximum Gasteiger partial charge on any atom is 0.126 e. The molecule has 1 aliphatic heterocycles. The molecule has 0 saturated heterocycles. The van der Waals surface area contributed by atoms with Gasteiger partial charge in [0.05, 0.1) is 0 Å². The van der Waals surface area contributed by atoms with Crippen molar-refractivity contribution in [2.75, 3.05) is 6.54 Å². The van der Waals surface area contributed by atoms with Crippen molar-refractivity contribution in [3.05, 3.63) is 32.6 Å². The van der Waals surface area contributed by atoms with E-state index in [-0.39, 0.29) is 5.82 Å². The molecule has 0 radical (unpaired) electrons. The maximum absolute atomic E-state index is 13.2. The van der Waals surface area contributed by atoms with E-state index in [0.29, 0.717) is 0 Å². The van der Waals surface area contributed by atoms with Crippen LogP contribution in [0.1, 0.15) is 11.1 Å². The third-order valence-electron chi connectivity index (χ3n) is 2.17. The summed E-state index contributed by atoms with van der Waals surface area (Å²) in [5, 5.41) is 3.24. The number of nitrogens with one attached hydrogen (secondary N) is 1. The van der Waals surface area contributed by atoms with Crippen molar-refractivity contribution in [3.63, 3.8) is 0 Å². The number of hydrogen-bond acceptors (Lipinski definition) is 1. The van der Waals surface area contributed by atoms with Gasteiger partial charge in [-0.15, -0.1) is 0 Å². The van der Waals surface area contributed by atoms with Crippen molar-refractivity contribution in [1.82, 2.24) is 5.32 Å². The van der Waals surface area contributed by atoms with Crippen LogP contribution in [0.2, 0.25) is 0 Å². The molecule has 0 amide bonds. The molecule has 12 heavy (non-hydrogen) atoms. The molecule has 1 aromatic carbocycles. The molecule has 1 aliphatic rings. The van der Waals surface area contributed by atoms with E-state index in [9.17, 15) is 4.39 Å². The van der Waals surface area contributed by atoms with Crippen LogP contribution in [0.15, 0.2) is 12.1 Å². The van der Waals surface area contributed by atoms with Crippen molar-refractivity contribution in [2.24, 2.45) is 0 Å². The molecule has 0 fully saturated rings. The number of rotatable bonds is 0. The van der Waals surface area contributed by atoms with Crippen molar-refractivity contribution in [1.29, 1.82) is 0 Å². The smallest absolute Gasteiger partial charge is 0.126 e. The Morgan fingerprint density at radius 3 is 2.92 bits per heavy atom. The summed E-state index contributed by atoms with van der Waals surface area (Å²) in [4.78, 5) is 0. The predicted molar refractivity (Wildman–Crippen MR) is 54.5 cm³/mol. The van der Waals surface area contributed by atoms with Crippen LogP contribution in [0, 0.1) is 9.39 Å². The topological polar surface area (TPSA) is 12.0 Å². The predicted octanol–water partition coefficient (Wildman–Crippen LogP) is 2.08. The molecule has 64 valence electrons. The maximum atomic E-state index is 13.2. The molecule has 0 aromatic heterocycles. The van der Waals surface area contributed by atoms with Gasteiger partial charge in [-0.05, 0) is 58.8 Å². The summed E-state index contributed by atoms with van der Waals surface area (Å²) in [6.45, 7) is 1.70. The first-order chi connectivity index (χ1) is 5.79. The van der Waals surface area contributed by atoms with Gasteiger partial charge in [0, 0.05) is 10.1 Å². The summed E-state index contributed by atoms with van der Waals surface area (Å²) in [5.74, 6) is -0.0492. The summed E-state index contributed by atoms with van der Waals surface area (Å²) in [6.07, 6.45) is 0.817. The molecule has 1 N–H and O–H groups in total. The van der Waals surface area contributed by atoms with Gasteiger partial charge in [0.2, 0.25) is 0 Å². The minimum Gasteiger partial charge on any atom is -0.312 e. The van der Waals surface area contributed by atoms with Gasteiger partial charge in [0.25, 0.3) is 0 Å². The lowest BCUT2D eigenvalue weighted by atomic mass is 10.0. The zero-order chi connectivity index (χ0) is 8.55. The van der Waals surface area contributed by atoms with Gasteiger partial charge in [-0.1, -0.05) is 0 Å². The van der Waals surface area contributed by atoms with Gasteiger partial charge in [-0.25, -0.2) is 4.39 Å². The average molecular weight is 277 g/mol. The number of benzene rings is 1. The molecule has 0 bridgehead atoms. The summed E-state index contributed by atoms with van der Waals surface area (Å²) in [6, 6.07) is 3.40. The van der Waals surface area contributed by atoms with Crippen LogP contribution in [0.5, 0.6) is 0 Å². The summed E-state index contributed by atoms with van der Waals surface area (Å²) < 4.78 is 14.4. The Morgan fingerprint density at radius 2 is 2.17 bits per heavy atom. The highest BCUT2D eigenvalue weighted by atomic mass is 127. The molecule has 3 heteroatoms. The van der Waals surface area contributed by atoms with Crippen molar-refractivity contribution in [2.45, 2.75) is 13.0 Å². The lowest BCUT2D eigenvalue weighted by Crippen LogP contribution is -2.25. The van der Waals surface area contributed by atoms with Crippen molar-refractivity contribution >= 4 is 22.6 Å². The van der Waals surface area contributed by atoms with E-state index in [4.69, 9.17) is 0 Å². The Hall–Kier alpha value is -0.160. The zero-order valence-corrected chi connectivity index (χ0v) is 8.69. The van der Waals surface area contributed by atoms with E-state index in [1.54, 1.807) is 6.07 Å². The fourth-order valence-corrected chi connectivity index (χ4v) is 2.22. The van der Waals surface area contributed by atoms with Gasteiger partial charge in [-0.3, -0.25) is 0 Å². The van der Waals surface area contributed by atoms with Gasteiger partial charge in [0.1, 0.15) is 5.82 Å². The first kappa shape index (κ1) is 8.44. The third kappa shape index (κ3) is 1.35. The highest BCUT2D eigenvalue weighted by Gasteiger charge is 2.14. The molecular formula is C9H9FIN. The van der Waals surface area contributed by atoms with E-state index in [2.05, 4.69) is 27.9 Å². The Morgan fingerprint density at radius 1 is 1.33 bits per heavy atom. The Labute approximate surface area is 84.5 Å². The zero-order valence-electron chi connectivity index (χ0n) is 6.53. The quantitative estimate of drug-likeness (QED) is 0.716. The lowest BCUT2D eigenvalue weighted by Gasteiger charge is -2.18. The SMILES string of the molecule is Fc1ccc(I)c2c1CCNC2. The van der Waals surface area contributed by atoms with Gasteiger partial charge in [0.15, 0.2) is 0 Å². The normalized spacial score (nSPS) is 15.8. The highest BCUT2D eigenvalue weighted by Crippen LogP contribution is 2.22. The Bertz CT molecular complexity index is 281. The van der Waals surface area contributed by atoms with Crippen LogP contribution < -0.4 is 5.32 Å². The van der Waals surface area contributed by atoms with Crippen molar-refractivity contribution in [3.8, 4) is 0 Å². The second-order valence-electron chi connectivity index (χ2n) is 2.91. The third-order valence-corrected chi connectivity index (χ3v) is 3.18. The monoisotopic (exact) mass is 277 g/mol. The molecule has 0 aliphatic carbocycles. The largest absolute Gasteiger partial charge is 0.312 e. The second kappa shape index (κ2) is 3.30. The van der Waals surface area contributed by atoms with Crippen molar-refractivity contribution < 1.29 is 4.39 Å². The molecule has 0 saturated carbocycles. The van der Waals surface area contributed by atoms with Crippen LogP contribution in [0.25, 0.3) is 0 Å². The molecule has 1 nitrogen and oxygen atoms in total. The number of fused-ring (bicyclic) bond motifs is 1. The van der Waals surface area contributed by atoms with Crippen LogP contribution in [-0.2, 0) is 13.0 Å². The molecule has 0 spiro atoms. The van der Waals surface area contributed by atoms with E-state index in [0.717, 1.165) is 34.2 Å². The molecule has 2 rings (SSSR count). The molecule has 1 aromatic rings. The van der Waals surface area contributed by atoms with E-state index in [1.807, 2.05) is 6.07 Å². The highest BCUT2D eigenvalue weighted by molar-refractivity contribution is 14.1. The lowest BCUT2D eigenvalue weighted by molar-refractivity contribution is 0.567. The summed E-state index contributed by atoms with van der Waals surface area (Å²) >= 11 is 2.25. The average Bonchev–Trinajstić information content (AvgIpc) is 2.12. The van der Waals surface area contributed by atoms with E-state index < -0.39 is 0 Å². The van der Waals surface area contributed by atoms with Gasteiger partial charge >= 0.3 is 0 Å². The summed E-state index contributed by atoms with van der Waals surface area (Å²) in [5.41, 5.74) is 2.04. The van der Waals surface area contributed by atoms with E-state index >= 15 is 0 Å². The van der Waals surface area contributed by atoms with Crippen LogP contribution in [-0.4, -0.2) is 6.54 Å². The minimum absolute atomic E-state index is 0.0492.